The summed E-state index contributed by atoms with van der Waals surface area (Å²) >= 11 is 0. The van der Waals surface area contributed by atoms with Crippen LogP contribution in [0.3, 0.4) is 0 Å². The molecule has 0 aliphatic carbocycles. The number of anilines is 1. The molecule has 0 unspecified atom stereocenters. The molecule has 0 aliphatic heterocycles. The second-order valence-corrected chi connectivity index (χ2v) is 4.02. The van der Waals surface area contributed by atoms with Gasteiger partial charge in [0.1, 0.15) is 12.4 Å². The molecular weight excluding hydrogens is 226 g/mol. The van der Waals surface area contributed by atoms with Crippen molar-refractivity contribution in [3.63, 3.8) is 0 Å². The molecule has 0 heterocycles. The maximum absolute atomic E-state index is 10.3. The largest absolute Gasteiger partial charge is 0.489 e. The Labute approximate surface area is 106 Å². The fourth-order valence-electron chi connectivity index (χ4n) is 1.70. The summed E-state index contributed by atoms with van der Waals surface area (Å²) in [6.07, 6.45) is 0.666. The zero-order valence-corrected chi connectivity index (χ0v) is 10.2. The average Bonchev–Trinajstić information content (AvgIpc) is 2.39. The maximum atomic E-state index is 10.3. The van der Waals surface area contributed by atoms with Crippen molar-refractivity contribution in [2.45, 2.75) is 13.5 Å². The van der Waals surface area contributed by atoms with Crippen molar-refractivity contribution in [1.82, 2.24) is 0 Å². The molecule has 0 spiro atoms. The first-order chi connectivity index (χ1) is 8.79. The Hall–Kier alpha value is -2.29. The first-order valence-corrected chi connectivity index (χ1v) is 5.77. The van der Waals surface area contributed by atoms with Crippen LogP contribution in [0.2, 0.25) is 0 Å². The van der Waals surface area contributed by atoms with Crippen molar-refractivity contribution >= 4 is 12.1 Å². The molecule has 0 atom stereocenters. The van der Waals surface area contributed by atoms with E-state index in [-0.39, 0.29) is 0 Å². The van der Waals surface area contributed by atoms with Crippen molar-refractivity contribution in [1.29, 1.82) is 0 Å². The van der Waals surface area contributed by atoms with Gasteiger partial charge in [-0.2, -0.15) is 0 Å². The van der Waals surface area contributed by atoms with Gasteiger partial charge < -0.3 is 10.1 Å². The standard InChI is InChI=1S/C15H15NO2/c1-12-9-14(16-11-17)7-8-15(12)18-10-13-5-3-2-4-6-13/h2-9,11H,10H2,1H3,(H,16,17). The Kier molecular flexibility index (Phi) is 3.97. The molecule has 2 rings (SSSR count). The van der Waals surface area contributed by atoms with Crippen LogP contribution in [0.5, 0.6) is 5.75 Å². The second-order valence-electron chi connectivity index (χ2n) is 4.02. The summed E-state index contributed by atoms with van der Waals surface area (Å²) in [5.74, 6) is 0.829. The Balaban J connectivity index is 2.03. The number of rotatable bonds is 5. The number of hydrogen-bond acceptors (Lipinski definition) is 2. The van der Waals surface area contributed by atoms with Crippen LogP contribution in [0.4, 0.5) is 5.69 Å². The number of carbonyl (C=O) groups excluding carboxylic acids is 1. The highest BCUT2D eigenvalue weighted by atomic mass is 16.5. The van der Waals surface area contributed by atoms with Gasteiger partial charge in [0, 0.05) is 5.69 Å². The van der Waals surface area contributed by atoms with E-state index in [1.165, 1.54) is 0 Å². The van der Waals surface area contributed by atoms with E-state index in [1.807, 2.05) is 55.5 Å². The van der Waals surface area contributed by atoms with E-state index in [0.29, 0.717) is 13.0 Å². The van der Waals surface area contributed by atoms with Crippen LogP contribution >= 0.6 is 0 Å². The average molecular weight is 241 g/mol. The summed E-state index contributed by atoms with van der Waals surface area (Å²) in [6.45, 7) is 2.50. The van der Waals surface area contributed by atoms with Crippen LogP contribution in [0.25, 0.3) is 0 Å². The zero-order valence-electron chi connectivity index (χ0n) is 10.2. The lowest BCUT2D eigenvalue weighted by molar-refractivity contribution is -0.105. The summed E-state index contributed by atoms with van der Waals surface area (Å²) in [6, 6.07) is 15.6. The SMILES string of the molecule is Cc1cc(NC=O)ccc1OCc1ccccc1. The molecule has 92 valence electrons. The van der Waals surface area contributed by atoms with Gasteiger partial charge in [0.2, 0.25) is 6.41 Å². The van der Waals surface area contributed by atoms with Gasteiger partial charge in [-0.25, -0.2) is 0 Å². The van der Waals surface area contributed by atoms with Gasteiger partial charge in [0.15, 0.2) is 0 Å². The predicted octanol–water partition coefficient (Wildman–Crippen LogP) is 3.14. The Morgan fingerprint density at radius 2 is 1.94 bits per heavy atom. The molecule has 0 saturated carbocycles. The van der Waals surface area contributed by atoms with Crippen LogP contribution in [0.1, 0.15) is 11.1 Å². The van der Waals surface area contributed by atoms with Crippen LogP contribution in [0, 0.1) is 6.92 Å². The topological polar surface area (TPSA) is 38.3 Å². The van der Waals surface area contributed by atoms with E-state index >= 15 is 0 Å². The van der Waals surface area contributed by atoms with Crippen molar-refractivity contribution in [3.8, 4) is 5.75 Å². The van der Waals surface area contributed by atoms with Gasteiger partial charge in [-0.1, -0.05) is 30.3 Å². The van der Waals surface area contributed by atoms with Gasteiger partial charge in [0.05, 0.1) is 0 Å². The third-order valence-corrected chi connectivity index (χ3v) is 2.64. The monoisotopic (exact) mass is 241 g/mol. The van der Waals surface area contributed by atoms with Gasteiger partial charge in [-0.05, 0) is 36.2 Å². The Bertz CT molecular complexity index is 523. The number of hydrogen-bond donors (Lipinski definition) is 1. The van der Waals surface area contributed by atoms with Crippen molar-refractivity contribution in [3.05, 3.63) is 59.7 Å². The minimum Gasteiger partial charge on any atom is -0.489 e. The summed E-state index contributed by atoms with van der Waals surface area (Å²) in [5, 5.41) is 2.61. The van der Waals surface area contributed by atoms with E-state index in [0.717, 1.165) is 22.6 Å². The number of ether oxygens (including phenoxy) is 1. The van der Waals surface area contributed by atoms with E-state index < -0.39 is 0 Å². The lowest BCUT2D eigenvalue weighted by Gasteiger charge is -2.10. The lowest BCUT2D eigenvalue weighted by Crippen LogP contribution is -1.98. The van der Waals surface area contributed by atoms with E-state index in [1.54, 1.807) is 0 Å². The van der Waals surface area contributed by atoms with Gasteiger partial charge in [0.25, 0.3) is 0 Å². The molecule has 0 radical (unpaired) electrons. The molecule has 3 nitrogen and oxygen atoms in total. The van der Waals surface area contributed by atoms with Crippen LogP contribution in [-0.2, 0) is 11.4 Å². The smallest absolute Gasteiger partial charge is 0.211 e. The van der Waals surface area contributed by atoms with Crippen LogP contribution < -0.4 is 10.1 Å². The number of aryl methyl sites for hydroxylation is 1. The number of benzene rings is 2. The van der Waals surface area contributed by atoms with E-state index in [2.05, 4.69) is 5.32 Å². The van der Waals surface area contributed by atoms with Crippen molar-refractivity contribution < 1.29 is 9.53 Å². The van der Waals surface area contributed by atoms with Crippen LogP contribution in [0.15, 0.2) is 48.5 Å². The third kappa shape index (κ3) is 3.10. The quantitative estimate of drug-likeness (QED) is 0.817. The number of carbonyl (C=O) groups is 1. The number of amides is 1. The van der Waals surface area contributed by atoms with Gasteiger partial charge >= 0.3 is 0 Å². The summed E-state index contributed by atoms with van der Waals surface area (Å²) in [5.41, 5.74) is 2.90. The molecule has 2 aromatic carbocycles. The van der Waals surface area contributed by atoms with Gasteiger partial charge in [-0.15, -0.1) is 0 Å². The zero-order chi connectivity index (χ0) is 12.8. The molecule has 1 N–H and O–H groups in total. The normalized spacial score (nSPS) is 9.83. The summed E-state index contributed by atoms with van der Waals surface area (Å²) in [7, 11) is 0. The highest BCUT2D eigenvalue weighted by Gasteiger charge is 2.01. The molecular formula is C15H15NO2. The highest BCUT2D eigenvalue weighted by Crippen LogP contribution is 2.22. The fraction of sp³-hybridized carbons (Fsp3) is 0.133. The first-order valence-electron chi connectivity index (χ1n) is 5.77. The summed E-state index contributed by atoms with van der Waals surface area (Å²) in [4.78, 5) is 10.3. The number of nitrogens with one attached hydrogen (secondary N) is 1. The highest BCUT2D eigenvalue weighted by molar-refractivity contribution is 5.72. The van der Waals surface area contributed by atoms with Gasteiger partial charge in [-0.3, -0.25) is 4.79 Å². The minimum absolute atomic E-state index is 0.544. The Morgan fingerprint density at radius 1 is 1.17 bits per heavy atom. The van der Waals surface area contributed by atoms with Crippen LogP contribution in [-0.4, -0.2) is 6.41 Å². The predicted molar refractivity (Wildman–Crippen MR) is 71.6 cm³/mol. The molecule has 0 aromatic heterocycles. The third-order valence-electron chi connectivity index (χ3n) is 2.64. The summed E-state index contributed by atoms with van der Waals surface area (Å²) < 4.78 is 5.74. The molecule has 0 fully saturated rings. The molecule has 0 aliphatic rings. The molecule has 1 amide bonds. The Morgan fingerprint density at radius 3 is 2.61 bits per heavy atom. The first kappa shape index (κ1) is 12.2. The maximum Gasteiger partial charge on any atom is 0.211 e. The minimum atomic E-state index is 0.544. The fourth-order valence-corrected chi connectivity index (χ4v) is 1.70. The molecule has 2 aromatic rings. The van der Waals surface area contributed by atoms with Crippen molar-refractivity contribution in [2.75, 3.05) is 5.32 Å². The lowest BCUT2D eigenvalue weighted by atomic mass is 10.2. The molecule has 0 bridgehead atoms. The van der Waals surface area contributed by atoms with E-state index in [4.69, 9.17) is 4.74 Å². The molecule has 0 saturated heterocycles. The van der Waals surface area contributed by atoms with E-state index in [9.17, 15) is 4.79 Å². The second kappa shape index (κ2) is 5.87. The van der Waals surface area contributed by atoms with Crippen molar-refractivity contribution in [2.24, 2.45) is 0 Å². The molecule has 18 heavy (non-hydrogen) atoms. The molecule has 3 heteroatoms.